The van der Waals surface area contributed by atoms with Gasteiger partial charge in [0.2, 0.25) is 6.33 Å². The van der Waals surface area contributed by atoms with Crippen molar-refractivity contribution >= 4 is 7.60 Å². The van der Waals surface area contributed by atoms with Crippen LogP contribution in [0, 0.1) is 0 Å². The number of aryl methyl sites for hydroxylation is 2. The molecule has 0 atom stereocenters. The first-order chi connectivity index (χ1) is 11.5. The van der Waals surface area contributed by atoms with Crippen LogP contribution in [-0.4, -0.2) is 20.5 Å². The molecule has 0 unspecified atom stereocenters. The van der Waals surface area contributed by atoms with Crippen LogP contribution in [0.25, 0.3) is 0 Å². The summed E-state index contributed by atoms with van der Waals surface area (Å²) in [4.78, 5) is 17.7. The van der Waals surface area contributed by atoms with Crippen LogP contribution < -0.4 is 21.5 Å². The molecule has 0 saturated heterocycles. The third-order valence-electron chi connectivity index (χ3n) is 4.38. The largest absolute Gasteiger partial charge is 1.00 e. The third-order valence-corrected chi connectivity index (χ3v) is 5.28. The standard InChI is InChI=1S/C18H35N2O3P.BrH/c1-2-3-4-5-6-7-8-9-10-11-13-19-15-16-20(18-19)14-12-17-24(21,22)23;/h15-16,18H,2-14,17H2,1H3,(H-,21,22,23);1H. The minimum atomic E-state index is -3.86. The molecule has 0 amide bonds. The quantitative estimate of drug-likeness (QED) is 0.246. The van der Waals surface area contributed by atoms with Gasteiger partial charge in [0.1, 0.15) is 12.4 Å². The molecule has 1 rings (SSSR count). The lowest BCUT2D eigenvalue weighted by atomic mass is 10.1. The average Bonchev–Trinajstić information content (AvgIpc) is 2.96. The van der Waals surface area contributed by atoms with Crippen molar-refractivity contribution in [2.45, 2.75) is 90.6 Å². The van der Waals surface area contributed by atoms with Gasteiger partial charge in [0.15, 0.2) is 0 Å². The van der Waals surface area contributed by atoms with Crippen molar-refractivity contribution in [2.75, 3.05) is 6.16 Å². The molecule has 0 aliphatic rings. The van der Waals surface area contributed by atoms with Gasteiger partial charge in [-0.3, -0.25) is 4.57 Å². The van der Waals surface area contributed by atoms with Gasteiger partial charge in [0.25, 0.3) is 0 Å². The van der Waals surface area contributed by atoms with Crippen molar-refractivity contribution in [3.63, 3.8) is 0 Å². The normalized spacial score (nSPS) is 11.5. The van der Waals surface area contributed by atoms with Gasteiger partial charge in [0.05, 0.1) is 19.3 Å². The Morgan fingerprint density at radius 3 is 2.04 bits per heavy atom. The minimum Gasteiger partial charge on any atom is -1.00 e. The summed E-state index contributed by atoms with van der Waals surface area (Å²) in [5, 5.41) is 0. The number of rotatable bonds is 15. The molecule has 148 valence electrons. The average molecular weight is 439 g/mol. The first kappa shape index (κ1) is 24.8. The second-order valence-corrected chi connectivity index (χ2v) is 8.59. The SMILES string of the molecule is CCCCCCCCCCCCn1cc[n+](CCCP(=O)(O)O)c1.[Br-]. The van der Waals surface area contributed by atoms with Gasteiger partial charge in [-0.05, 0) is 19.3 Å². The zero-order valence-corrected chi connectivity index (χ0v) is 18.1. The highest BCUT2D eigenvalue weighted by Crippen LogP contribution is 2.34. The fourth-order valence-corrected chi connectivity index (χ4v) is 3.50. The molecular weight excluding hydrogens is 403 g/mol. The second kappa shape index (κ2) is 15.0. The van der Waals surface area contributed by atoms with Gasteiger partial charge in [-0.25, -0.2) is 9.13 Å². The van der Waals surface area contributed by atoms with Gasteiger partial charge in [-0.2, -0.15) is 0 Å². The zero-order valence-electron chi connectivity index (χ0n) is 15.7. The summed E-state index contributed by atoms with van der Waals surface area (Å²) in [6, 6.07) is 0. The second-order valence-electron chi connectivity index (χ2n) is 6.81. The molecule has 2 N–H and O–H groups in total. The number of unbranched alkanes of at least 4 members (excludes halogenated alkanes) is 9. The van der Waals surface area contributed by atoms with Crippen molar-refractivity contribution in [3.8, 4) is 0 Å². The molecule has 0 bridgehead atoms. The molecule has 25 heavy (non-hydrogen) atoms. The number of aromatic nitrogens is 2. The van der Waals surface area contributed by atoms with E-state index in [0.29, 0.717) is 13.0 Å². The van der Waals surface area contributed by atoms with Crippen LogP contribution in [-0.2, 0) is 17.7 Å². The van der Waals surface area contributed by atoms with Crippen LogP contribution in [0.4, 0.5) is 0 Å². The summed E-state index contributed by atoms with van der Waals surface area (Å²) in [6.07, 6.45) is 20.0. The molecule has 1 aromatic heterocycles. The van der Waals surface area contributed by atoms with E-state index in [4.69, 9.17) is 9.79 Å². The molecule has 0 saturated carbocycles. The highest BCUT2D eigenvalue weighted by Gasteiger charge is 2.13. The number of nitrogens with zero attached hydrogens (tertiary/aromatic N) is 2. The Kier molecular flexibility index (Phi) is 14.9. The van der Waals surface area contributed by atoms with Gasteiger partial charge in [-0.1, -0.05) is 58.3 Å². The summed E-state index contributed by atoms with van der Waals surface area (Å²) in [6.45, 7) is 3.95. The summed E-state index contributed by atoms with van der Waals surface area (Å²) < 4.78 is 15.0. The van der Waals surface area contributed by atoms with Crippen LogP contribution in [0.5, 0.6) is 0 Å². The maximum atomic E-state index is 10.8. The van der Waals surface area contributed by atoms with Gasteiger partial charge in [-0.15, -0.1) is 0 Å². The smallest absolute Gasteiger partial charge is 0.325 e. The van der Waals surface area contributed by atoms with E-state index in [9.17, 15) is 4.57 Å². The Hall–Kier alpha value is -0.160. The number of hydrogen-bond acceptors (Lipinski definition) is 1. The number of hydrogen-bond donors (Lipinski definition) is 2. The maximum absolute atomic E-state index is 10.8. The van der Waals surface area contributed by atoms with E-state index >= 15 is 0 Å². The van der Waals surface area contributed by atoms with Crippen molar-refractivity contribution < 1.29 is 35.9 Å². The molecule has 0 radical (unpaired) electrons. The van der Waals surface area contributed by atoms with Crippen molar-refractivity contribution in [1.29, 1.82) is 0 Å². The Labute approximate surface area is 163 Å². The summed E-state index contributed by atoms with van der Waals surface area (Å²) >= 11 is 0. The van der Waals surface area contributed by atoms with E-state index < -0.39 is 7.60 Å². The van der Waals surface area contributed by atoms with E-state index in [0.717, 1.165) is 6.54 Å². The fraction of sp³-hybridized carbons (Fsp3) is 0.833. The highest BCUT2D eigenvalue weighted by atomic mass is 79.9. The van der Waals surface area contributed by atoms with Crippen molar-refractivity contribution in [1.82, 2.24) is 4.57 Å². The number of halogens is 1. The Bertz CT molecular complexity index is 477. The van der Waals surface area contributed by atoms with Crippen molar-refractivity contribution in [3.05, 3.63) is 18.7 Å². The molecule has 0 aromatic carbocycles. The lowest BCUT2D eigenvalue weighted by molar-refractivity contribution is -0.696. The van der Waals surface area contributed by atoms with Gasteiger partial charge >= 0.3 is 7.60 Å². The predicted octanol–water partition coefficient (Wildman–Crippen LogP) is 1.27. The maximum Gasteiger partial charge on any atom is 0.325 e. The first-order valence-electron chi connectivity index (χ1n) is 9.60. The summed E-state index contributed by atoms with van der Waals surface area (Å²) in [5.74, 6) is 0. The topological polar surface area (TPSA) is 66.3 Å². The molecule has 5 nitrogen and oxygen atoms in total. The minimum absolute atomic E-state index is 0. The van der Waals surface area contributed by atoms with Crippen LogP contribution >= 0.6 is 7.60 Å². The molecule has 1 aromatic rings. The van der Waals surface area contributed by atoms with E-state index in [-0.39, 0.29) is 23.1 Å². The zero-order chi connectivity index (χ0) is 17.7. The van der Waals surface area contributed by atoms with E-state index in [2.05, 4.69) is 11.5 Å². The third kappa shape index (κ3) is 14.7. The summed E-state index contributed by atoms with van der Waals surface area (Å²) in [7, 11) is -3.86. The van der Waals surface area contributed by atoms with E-state index in [1.165, 1.54) is 64.2 Å². The Morgan fingerprint density at radius 1 is 0.920 bits per heavy atom. The van der Waals surface area contributed by atoms with Crippen LogP contribution in [0.2, 0.25) is 0 Å². The van der Waals surface area contributed by atoms with Gasteiger partial charge in [0, 0.05) is 0 Å². The van der Waals surface area contributed by atoms with Crippen LogP contribution in [0.15, 0.2) is 18.7 Å². The monoisotopic (exact) mass is 438 g/mol. The Balaban J connectivity index is 0.00000576. The van der Waals surface area contributed by atoms with E-state index in [1.807, 2.05) is 23.3 Å². The molecule has 7 heteroatoms. The van der Waals surface area contributed by atoms with Crippen LogP contribution in [0.3, 0.4) is 0 Å². The summed E-state index contributed by atoms with van der Waals surface area (Å²) in [5.41, 5.74) is 0. The molecule has 1 heterocycles. The molecule has 0 fully saturated rings. The molecule has 0 aliphatic carbocycles. The van der Waals surface area contributed by atoms with Crippen LogP contribution in [0.1, 0.15) is 77.6 Å². The molecule has 0 spiro atoms. The molecule has 0 aliphatic heterocycles. The first-order valence-corrected chi connectivity index (χ1v) is 11.4. The Morgan fingerprint density at radius 2 is 1.48 bits per heavy atom. The van der Waals surface area contributed by atoms with Crippen molar-refractivity contribution in [2.24, 2.45) is 0 Å². The lowest BCUT2D eigenvalue weighted by Gasteiger charge is -2.02. The van der Waals surface area contributed by atoms with Gasteiger partial charge < -0.3 is 26.8 Å². The predicted molar refractivity (Wildman–Crippen MR) is 98.0 cm³/mol. The van der Waals surface area contributed by atoms with E-state index in [1.54, 1.807) is 0 Å². The highest BCUT2D eigenvalue weighted by molar-refractivity contribution is 7.51. The molecular formula is C18H36BrN2O3P. The lowest BCUT2D eigenvalue weighted by Crippen LogP contribution is -3.00. The number of imidazole rings is 1. The fourth-order valence-electron chi connectivity index (χ4n) is 2.94.